The molecule has 1 unspecified atom stereocenters. The van der Waals surface area contributed by atoms with Gasteiger partial charge in [-0.3, -0.25) is 0 Å². The Morgan fingerprint density at radius 2 is 2.05 bits per heavy atom. The average Bonchev–Trinajstić information content (AvgIpc) is 2.47. The van der Waals surface area contributed by atoms with Gasteiger partial charge in [0.05, 0.1) is 12.3 Å². The fraction of sp³-hybridized carbons (Fsp3) is 0.722. The van der Waals surface area contributed by atoms with Gasteiger partial charge in [0.15, 0.2) is 0 Å². The molecule has 21 heavy (non-hydrogen) atoms. The second-order valence-electron chi connectivity index (χ2n) is 6.22. The lowest BCUT2D eigenvalue weighted by molar-refractivity contribution is 0.225. The molecular formula is C18H32N2O. The van der Waals surface area contributed by atoms with Gasteiger partial charge < -0.3 is 10.1 Å². The maximum atomic E-state index is 5.89. The van der Waals surface area contributed by atoms with Gasteiger partial charge in [-0.15, -0.1) is 0 Å². The molecule has 0 aliphatic heterocycles. The molecule has 1 aromatic rings. The molecule has 0 aromatic carbocycles. The quantitative estimate of drug-likeness (QED) is 0.655. The van der Waals surface area contributed by atoms with Gasteiger partial charge in [-0.25, -0.2) is 4.98 Å². The number of hydrogen-bond acceptors (Lipinski definition) is 3. The van der Waals surface area contributed by atoms with Crippen molar-refractivity contribution in [2.24, 2.45) is 11.8 Å². The van der Waals surface area contributed by atoms with E-state index >= 15 is 0 Å². The zero-order chi connectivity index (χ0) is 15.5. The Morgan fingerprint density at radius 3 is 2.71 bits per heavy atom. The predicted molar refractivity (Wildman–Crippen MR) is 89.6 cm³/mol. The van der Waals surface area contributed by atoms with E-state index in [0.717, 1.165) is 31.3 Å². The van der Waals surface area contributed by atoms with E-state index in [2.05, 4.69) is 44.1 Å². The van der Waals surface area contributed by atoms with E-state index in [1.54, 1.807) is 0 Å². The van der Waals surface area contributed by atoms with Crippen molar-refractivity contribution in [3.05, 3.63) is 23.9 Å². The smallest absolute Gasteiger partial charge is 0.213 e. The zero-order valence-electron chi connectivity index (χ0n) is 14.2. The maximum absolute atomic E-state index is 5.89. The number of ether oxygens (including phenoxy) is 1. The molecule has 1 heterocycles. The van der Waals surface area contributed by atoms with Crippen molar-refractivity contribution in [2.45, 2.75) is 59.9 Å². The number of pyridine rings is 1. The van der Waals surface area contributed by atoms with Crippen LogP contribution in [0.5, 0.6) is 5.88 Å². The van der Waals surface area contributed by atoms with Crippen LogP contribution in [0.1, 0.15) is 59.1 Å². The Hall–Kier alpha value is -1.09. The fourth-order valence-electron chi connectivity index (χ4n) is 2.23. The van der Waals surface area contributed by atoms with Crippen LogP contribution in [0.4, 0.5) is 0 Å². The third-order valence-electron chi connectivity index (χ3n) is 3.65. The summed E-state index contributed by atoms with van der Waals surface area (Å²) in [5, 5.41) is 3.41. The molecule has 1 aromatic heterocycles. The van der Waals surface area contributed by atoms with Crippen molar-refractivity contribution < 1.29 is 4.74 Å². The highest BCUT2D eigenvalue weighted by Crippen LogP contribution is 2.15. The van der Waals surface area contributed by atoms with Crippen LogP contribution in [0, 0.1) is 11.8 Å². The van der Waals surface area contributed by atoms with Crippen molar-refractivity contribution in [1.29, 1.82) is 0 Å². The second kappa shape index (κ2) is 10.6. The van der Waals surface area contributed by atoms with E-state index in [-0.39, 0.29) is 0 Å². The van der Waals surface area contributed by atoms with Gasteiger partial charge >= 0.3 is 0 Å². The third-order valence-corrected chi connectivity index (χ3v) is 3.65. The summed E-state index contributed by atoms with van der Waals surface area (Å²) < 4.78 is 5.89. The molecule has 3 nitrogen and oxygen atoms in total. The molecule has 0 radical (unpaired) electrons. The summed E-state index contributed by atoms with van der Waals surface area (Å²) in [6.07, 6.45) is 4.97. The molecule has 3 heteroatoms. The number of nitrogens with zero attached hydrogens (tertiary/aromatic N) is 1. The van der Waals surface area contributed by atoms with Gasteiger partial charge in [-0.05, 0) is 30.9 Å². The van der Waals surface area contributed by atoms with Crippen LogP contribution in [0.25, 0.3) is 0 Å². The molecule has 0 aliphatic rings. The lowest BCUT2D eigenvalue weighted by Gasteiger charge is -2.15. The average molecular weight is 292 g/mol. The van der Waals surface area contributed by atoms with Crippen LogP contribution in [-0.2, 0) is 6.54 Å². The van der Waals surface area contributed by atoms with Crippen molar-refractivity contribution in [1.82, 2.24) is 10.3 Å². The minimum atomic E-state index is 0.648. The molecule has 0 spiro atoms. The molecule has 0 aliphatic carbocycles. The Morgan fingerprint density at radius 1 is 1.24 bits per heavy atom. The van der Waals surface area contributed by atoms with Crippen LogP contribution in [0.2, 0.25) is 0 Å². The number of unbranched alkanes of at least 4 members (excludes halogenated alkanes) is 1. The van der Waals surface area contributed by atoms with E-state index < -0.39 is 0 Å². The highest BCUT2D eigenvalue weighted by Gasteiger charge is 2.07. The Balaban J connectivity index is 2.40. The van der Waals surface area contributed by atoms with Crippen LogP contribution < -0.4 is 10.1 Å². The first-order chi connectivity index (χ1) is 10.2. The highest BCUT2D eigenvalue weighted by molar-refractivity contribution is 5.15. The van der Waals surface area contributed by atoms with Gasteiger partial charge in [0.1, 0.15) is 0 Å². The zero-order valence-corrected chi connectivity index (χ0v) is 14.2. The number of hydrogen-bond donors (Lipinski definition) is 1. The van der Waals surface area contributed by atoms with Crippen molar-refractivity contribution in [2.75, 3.05) is 13.2 Å². The van der Waals surface area contributed by atoms with Crippen LogP contribution in [-0.4, -0.2) is 18.1 Å². The first-order valence-corrected chi connectivity index (χ1v) is 8.45. The van der Waals surface area contributed by atoms with Crippen molar-refractivity contribution >= 4 is 0 Å². The molecule has 0 fully saturated rings. The first kappa shape index (κ1) is 18.0. The molecule has 1 rings (SSSR count). The number of rotatable bonds is 11. The Kier molecular flexibility index (Phi) is 9.07. The number of nitrogens with one attached hydrogen (secondary N) is 1. The largest absolute Gasteiger partial charge is 0.477 e. The summed E-state index contributed by atoms with van der Waals surface area (Å²) in [5.74, 6) is 2.07. The van der Waals surface area contributed by atoms with Crippen molar-refractivity contribution in [3.63, 3.8) is 0 Å². The Labute approximate surface area is 130 Å². The second-order valence-corrected chi connectivity index (χ2v) is 6.22. The van der Waals surface area contributed by atoms with Gasteiger partial charge in [0.25, 0.3) is 0 Å². The van der Waals surface area contributed by atoms with Crippen LogP contribution in [0.15, 0.2) is 18.2 Å². The van der Waals surface area contributed by atoms with Crippen LogP contribution >= 0.6 is 0 Å². The molecule has 1 N–H and O–H groups in total. The summed E-state index contributed by atoms with van der Waals surface area (Å²) in [6, 6.07) is 6.04. The van der Waals surface area contributed by atoms with E-state index in [4.69, 9.17) is 4.74 Å². The SMILES string of the molecule is CCCCC(CC)COc1cccc(CNCC(C)C)n1. The summed E-state index contributed by atoms with van der Waals surface area (Å²) in [4.78, 5) is 4.57. The van der Waals surface area contributed by atoms with Gasteiger partial charge in [0.2, 0.25) is 5.88 Å². The summed E-state index contributed by atoms with van der Waals surface area (Å²) in [7, 11) is 0. The van der Waals surface area contributed by atoms with E-state index in [1.165, 1.54) is 25.7 Å². The summed E-state index contributed by atoms with van der Waals surface area (Å²) in [6.45, 7) is 11.5. The van der Waals surface area contributed by atoms with E-state index in [1.807, 2.05) is 12.1 Å². The molecule has 0 saturated carbocycles. The van der Waals surface area contributed by atoms with E-state index in [9.17, 15) is 0 Å². The monoisotopic (exact) mass is 292 g/mol. The first-order valence-electron chi connectivity index (χ1n) is 8.45. The molecular weight excluding hydrogens is 260 g/mol. The normalized spacial score (nSPS) is 12.6. The molecule has 120 valence electrons. The third kappa shape index (κ3) is 8.05. The molecule has 1 atom stereocenters. The van der Waals surface area contributed by atoms with Crippen molar-refractivity contribution in [3.8, 4) is 5.88 Å². The minimum absolute atomic E-state index is 0.648. The fourth-order valence-corrected chi connectivity index (χ4v) is 2.23. The predicted octanol–water partition coefficient (Wildman–Crippen LogP) is 4.42. The van der Waals surface area contributed by atoms with E-state index in [0.29, 0.717) is 11.8 Å². The minimum Gasteiger partial charge on any atom is -0.477 e. The lowest BCUT2D eigenvalue weighted by atomic mass is 10.0. The molecule has 0 amide bonds. The highest BCUT2D eigenvalue weighted by atomic mass is 16.5. The molecule has 0 bridgehead atoms. The van der Waals surface area contributed by atoms with Gasteiger partial charge in [0, 0.05) is 12.6 Å². The summed E-state index contributed by atoms with van der Waals surface area (Å²) >= 11 is 0. The Bertz CT molecular complexity index is 379. The van der Waals surface area contributed by atoms with Gasteiger partial charge in [-0.2, -0.15) is 0 Å². The number of aromatic nitrogens is 1. The van der Waals surface area contributed by atoms with Gasteiger partial charge in [-0.1, -0.05) is 53.0 Å². The lowest BCUT2D eigenvalue weighted by Crippen LogP contribution is -2.19. The molecule has 0 saturated heterocycles. The standard InChI is InChI=1S/C18H32N2O/c1-5-7-9-16(6-2)14-21-18-11-8-10-17(20-18)13-19-12-15(3)4/h8,10-11,15-16,19H,5-7,9,12-14H2,1-4H3. The summed E-state index contributed by atoms with van der Waals surface area (Å²) in [5.41, 5.74) is 1.05. The maximum Gasteiger partial charge on any atom is 0.213 e. The topological polar surface area (TPSA) is 34.1 Å². The van der Waals surface area contributed by atoms with Crippen LogP contribution in [0.3, 0.4) is 0 Å².